The number of carbonyl (C=O) groups is 4. The second-order valence-corrected chi connectivity index (χ2v) is 9.03. The number of nitrogens with zero attached hydrogens (tertiary/aromatic N) is 2. The zero-order chi connectivity index (χ0) is 21.8. The van der Waals surface area contributed by atoms with Gasteiger partial charge in [-0.3, -0.25) is 29.4 Å². The van der Waals surface area contributed by atoms with Crippen LogP contribution in [0.5, 0.6) is 0 Å². The number of anilines is 1. The fourth-order valence-electron chi connectivity index (χ4n) is 5.40. The molecule has 8 nitrogen and oxygen atoms in total. The van der Waals surface area contributed by atoms with Gasteiger partial charge in [-0.1, -0.05) is 0 Å². The van der Waals surface area contributed by atoms with Gasteiger partial charge in [0.25, 0.3) is 11.8 Å². The van der Waals surface area contributed by atoms with E-state index in [0.717, 1.165) is 49.7 Å². The molecule has 4 aliphatic rings. The molecule has 5 rings (SSSR count). The zero-order valence-corrected chi connectivity index (χ0v) is 17.2. The standard InChI is InChI=1S/C22H25FN4O4/c23-15-11-13-14(21(31)27(20(13)30)16-1-2-18(28)25-19(16)29)12-17(15)26-9-5-22(6-10-26)3-7-24-8-4-22/h11-12,16,24H,1-10H2,(H,25,28,29). The third kappa shape index (κ3) is 3.31. The molecule has 9 heteroatoms. The normalized spacial score (nSPS) is 25.8. The number of halogens is 1. The molecule has 0 aliphatic carbocycles. The molecule has 0 aromatic heterocycles. The summed E-state index contributed by atoms with van der Waals surface area (Å²) in [6.07, 6.45) is 4.33. The fourth-order valence-corrected chi connectivity index (χ4v) is 5.40. The van der Waals surface area contributed by atoms with Crippen LogP contribution in [0.1, 0.15) is 59.2 Å². The minimum Gasteiger partial charge on any atom is -0.369 e. The van der Waals surface area contributed by atoms with Crippen LogP contribution in [-0.4, -0.2) is 60.7 Å². The first-order valence-electron chi connectivity index (χ1n) is 10.9. The average molecular weight is 428 g/mol. The van der Waals surface area contributed by atoms with Gasteiger partial charge < -0.3 is 10.2 Å². The molecule has 0 bridgehead atoms. The van der Waals surface area contributed by atoms with Crippen molar-refractivity contribution in [1.82, 2.24) is 15.5 Å². The number of carbonyl (C=O) groups excluding carboxylic acids is 4. The van der Waals surface area contributed by atoms with Gasteiger partial charge in [0, 0.05) is 19.5 Å². The molecule has 1 aromatic rings. The molecule has 4 heterocycles. The van der Waals surface area contributed by atoms with Gasteiger partial charge in [-0.2, -0.15) is 0 Å². The smallest absolute Gasteiger partial charge is 0.262 e. The molecule has 1 aromatic carbocycles. The Morgan fingerprint density at radius 3 is 2.23 bits per heavy atom. The third-order valence-corrected chi connectivity index (χ3v) is 7.34. The lowest BCUT2D eigenvalue weighted by Gasteiger charge is -2.45. The second kappa shape index (κ2) is 7.40. The van der Waals surface area contributed by atoms with Crippen LogP contribution in [0, 0.1) is 11.2 Å². The summed E-state index contributed by atoms with van der Waals surface area (Å²) in [6, 6.07) is 1.52. The summed E-state index contributed by atoms with van der Waals surface area (Å²) >= 11 is 0. The predicted molar refractivity (Wildman–Crippen MR) is 109 cm³/mol. The van der Waals surface area contributed by atoms with Crippen LogP contribution in [0.15, 0.2) is 12.1 Å². The molecule has 1 spiro atoms. The van der Waals surface area contributed by atoms with Gasteiger partial charge in [0.05, 0.1) is 16.8 Å². The van der Waals surface area contributed by atoms with Gasteiger partial charge in [-0.25, -0.2) is 4.39 Å². The lowest BCUT2D eigenvalue weighted by Crippen LogP contribution is -2.54. The van der Waals surface area contributed by atoms with Crippen LogP contribution in [0.4, 0.5) is 10.1 Å². The maximum atomic E-state index is 15.0. The van der Waals surface area contributed by atoms with Gasteiger partial charge in [-0.15, -0.1) is 0 Å². The van der Waals surface area contributed by atoms with Gasteiger partial charge in [-0.05, 0) is 62.7 Å². The molecule has 3 fully saturated rings. The first-order valence-corrected chi connectivity index (χ1v) is 10.9. The van der Waals surface area contributed by atoms with Crippen molar-refractivity contribution in [3.63, 3.8) is 0 Å². The summed E-state index contributed by atoms with van der Waals surface area (Å²) in [6.45, 7) is 3.43. The van der Waals surface area contributed by atoms with Crippen molar-refractivity contribution in [1.29, 1.82) is 0 Å². The maximum absolute atomic E-state index is 15.0. The van der Waals surface area contributed by atoms with E-state index in [2.05, 4.69) is 10.6 Å². The second-order valence-electron chi connectivity index (χ2n) is 9.03. The SMILES string of the molecule is O=C1CCC(N2C(=O)c3cc(F)c(N4CCC5(CCNCC5)CC4)cc3C2=O)C(=O)N1. The molecule has 0 radical (unpaired) electrons. The van der Waals surface area contributed by atoms with E-state index in [1.54, 1.807) is 0 Å². The fraction of sp³-hybridized carbons (Fsp3) is 0.545. The Labute approximate surface area is 179 Å². The van der Waals surface area contributed by atoms with E-state index in [-0.39, 0.29) is 24.0 Å². The summed E-state index contributed by atoms with van der Waals surface area (Å²) in [4.78, 5) is 52.3. The minimum atomic E-state index is -1.05. The predicted octanol–water partition coefficient (Wildman–Crippen LogP) is 1.20. The number of rotatable bonds is 2. The Bertz CT molecular complexity index is 978. The number of nitrogens with one attached hydrogen (secondary N) is 2. The molecule has 2 N–H and O–H groups in total. The topological polar surface area (TPSA) is 98.8 Å². The Morgan fingerprint density at radius 1 is 0.935 bits per heavy atom. The number of hydrogen-bond donors (Lipinski definition) is 2. The number of benzene rings is 1. The molecule has 3 saturated heterocycles. The summed E-state index contributed by atoms with van der Waals surface area (Å²) in [5.41, 5.74) is 0.730. The maximum Gasteiger partial charge on any atom is 0.262 e. The van der Waals surface area contributed by atoms with E-state index < -0.39 is 35.5 Å². The largest absolute Gasteiger partial charge is 0.369 e. The average Bonchev–Trinajstić information content (AvgIpc) is 2.99. The van der Waals surface area contributed by atoms with Crippen molar-refractivity contribution in [2.24, 2.45) is 5.41 Å². The van der Waals surface area contributed by atoms with Crippen molar-refractivity contribution in [3.8, 4) is 0 Å². The number of imide groups is 2. The van der Waals surface area contributed by atoms with Crippen molar-refractivity contribution in [3.05, 3.63) is 29.1 Å². The summed E-state index contributed by atoms with van der Waals surface area (Å²) in [5.74, 6) is -2.93. The number of piperidine rings is 3. The van der Waals surface area contributed by atoms with Crippen LogP contribution in [0.2, 0.25) is 0 Å². The number of hydrogen-bond acceptors (Lipinski definition) is 6. The number of fused-ring (bicyclic) bond motifs is 1. The lowest BCUT2D eigenvalue weighted by atomic mass is 9.71. The highest BCUT2D eigenvalue weighted by molar-refractivity contribution is 6.23. The Hall–Kier alpha value is -2.81. The monoisotopic (exact) mass is 428 g/mol. The van der Waals surface area contributed by atoms with E-state index in [4.69, 9.17) is 0 Å². The van der Waals surface area contributed by atoms with Gasteiger partial charge in [0.2, 0.25) is 11.8 Å². The quantitative estimate of drug-likeness (QED) is 0.687. The van der Waals surface area contributed by atoms with Crippen LogP contribution in [0.3, 0.4) is 0 Å². The van der Waals surface area contributed by atoms with E-state index in [1.807, 2.05) is 4.90 Å². The molecule has 164 valence electrons. The molecule has 1 unspecified atom stereocenters. The molecule has 1 atom stereocenters. The summed E-state index contributed by atoms with van der Waals surface area (Å²) in [7, 11) is 0. The van der Waals surface area contributed by atoms with Gasteiger partial charge >= 0.3 is 0 Å². The van der Waals surface area contributed by atoms with E-state index in [0.29, 0.717) is 24.2 Å². The van der Waals surface area contributed by atoms with Crippen molar-refractivity contribution in [2.75, 3.05) is 31.1 Å². The van der Waals surface area contributed by atoms with Crippen molar-refractivity contribution in [2.45, 2.75) is 44.6 Å². The van der Waals surface area contributed by atoms with Gasteiger partial charge in [0.1, 0.15) is 11.9 Å². The molecular formula is C22H25FN4O4. The van der Waals surface area contributed by atoms with Crippen molar-refractivity contribution >= 4 is 29.3 Å². The van der Waals surface area contributed by atoms with Crippen molar-refractivity contribution < 1.29 is 23.6 Å². The third-order valence-electron chi connectivity index (χ3n) is 7.34. The zero-order valence-electron chi connectivity index (χ0n) is 17.2. The molecule has 4 aliphatic heterocycles. The Balaban J connectivity index is 1.38. The van der Waals surface area contributed by atoms with Crippen LogP contribution < -0.4 is 15.5 Å². The lowest BCUT2D eigenvalue weighted by molar-refractivity contribution is -0.136. The highest BCUT2D eigenvalue weighted by Crippen LogP contribution is 2.41. The Kier molecular flexibility index (Phi) is 4.80. The van der Waals surface area contributed by atoms with Crippen LogP contribution in [-0.2, 0) is 9.59 Å². The summed E-state index contributed by atoms with van der Waals surface area (Å²) in [5, 5.41) is 5.55. The minimum absolute atomic E-state index is 0.0252. The first kappa shape index (κ1) is 20.1. The molecule has 0 saturated carbocycles. The summed E-state index contributed by atoms with van der Waals surface area (Å²) < 4.78 is 15.0. The highest BCUT2D eigenvalue weighted by atomic mass is 19.1. The number of amides is 4. The van der Waals surface area contributed by atoms with Crippen LogP contribution >= 0.6 is 0 Å². The molecular weight excluding hydrogens is 403 g/mol. The highest BCUT2D eigenvalue weighted by Gasteiger charge is 2.45. The van der Waals surface area contributed by atoms with Gasteiger partial charge in [0.15, 0.2) is 0 Å². The molecule has 31 heavy (non-hydrogen) atoms. The van der Waals surface area contributed by atoms with E-state index in [1.165, 1.54) is 6.07 Å². The Morgan fingerprint density at radius 2 is 1.58 bits per heavy atom. The molecule has 4 amide bonds. The van der Waals surface area contributed by atoms with E-state index >= 15 is 4.39 Å². The van der Waals surface area contributed by atoms with E-state index in [9.17, 15) is 19.2 Å². The van der Waals surface area contributed by atoms with Crippen LogP contribution in [0.25, 0.3) is 0 Å². The first-order chi connectivity index (χ1) is 14.9.